The van der Waals surface area contributed by atoms with E-state index in [1.807, 2.05) is 0 Å². The molecule has 2 N–H and O–H groups in total. The van der Waals surface area contributed by atoms with E-state index >= 15 is 0 Å². The molecule has 100 valence electrons. The quantitative estimate of drug-likeness (QED) is 0.861. The van der Waals surface area contributed by atoms with Gasteiger partial charge in [0.15, 0.2) is 0 Å². The number of hydrogen-bond donors (Lipinski definition) is 2. The van der Waals surface area contributed by atoms with Gasteiger partial charge < -0.3 is 10.4 Å². The Morgan fingerprint density at radius 3 is 2.68 bits per heavy atom. The van der Waals surface area contributed by atoms with Gasteiger partial charge in [0.25, 0.3) is 0 Å². The van der Waals surface area contributed by atoms with Gasteiger partial charge in [-0.2, -0.15) is 0 Å². The van der Waals surface area contributed by atoms with Crippen LogP contribution in [0.5, 0.6) is 0 Å². The van der Waals surface area contributed by atoms with Crippen LogP contribution in [-0.4, -0.2) is 17.0 Å². The zero-order valence-corrected chi connectivity index (χ0v) is 10.5. The average molecular weight is 263 g/mol. The van der Waals surface area contributed by atoms with Gasteiger partial charge in [-0.05, 0) is 37.0 Å². The number of fused-ring (bicyclic) bond motifs is 1. The summed E-state index contributed by atoms with van der Waals surface area (Å²) in [5.74, 6) is -2.14. The highest BCUT2D eigenvalue weighted by Crippen LogP contribution is 2.47. The van der Waals surface area contributed by atoms with Crippen LogP contribution in [0.2, 0.25) is 0 Å². The minimum absolute atomic E-state index is 0.195. The highest BCUT2D eigenvalue weighted by atomic mass is 19.1. The van der Waals surface area contributed by atoms with Crippen LogP contribution in [0.4, 0.5) is 10.1 Å². The zero-order chi connectivity index (χ0) is 13.8. The maximum atomic E-state index is 14.0. The largest absolute Gasteiger partial charge is 0.481 e. The summed E-state index contributed by atoms with van der Waals surface area (Å²) in [4.78, 5) is 23.0. The first-order chi connectivity index (χ1) is 8.95. The first-order valence-corrected chi connectivity index (χ1v) is 6.34. The van der Waals surface area contributed by atoms with Crippen LogP contribution in [0.3, 0.4) is 0 Å². The van der Waals surface area contributed by atoms with E-state index in [9.17, 15) is 19.1 Å². The topological polar surface area (TPSA) is 66.4 Å². The van der Waals surface area contributed by atoms with Crippen LogP contribution in [0.15, 0.2) is 12.1 Å². The van der Waals surface area contributed by atoms with Crippen molar-refractivity contribution in [3.05, 3.63) is 29.1 Å². The molecular weight excluding hydrogens is 249 g/mol. The second kappa shape index (κ2) is 3.79. The van der Waals surface area contributed by atoms with Crippen molar-refractivity contribution in [3.63, 3.8) is 0 Å². The fourth-order valence-electron chi connectivity index (χ4n) is 2.91. The van der Waals surface area contributed by atoms with E-state index in [2.05, 4.69) is 5.32 Å². The first kappa shape index (κ1) is 12.1. The summed E-state index contributed by atoms with van der Waals surface area (Å²) >= 11 is 0. The Morgan fingerprint density at radius 2 is 2.16 bits per heavy atom. The van der Waals surface area contributed by atoms with E-state index in [-0.39, 0.29) is 11.6 Å². The minimum Gasteiger partial charge on any atom is -0.481 e. The van der Waals surface area contributed by atoms with Crippen LogP contribution >= 0.6 is 0 Å². The van der Waals surface area contributed by atoms with Crippen molar-refractivity contribution < 1.29 is 19.1 Å². The third kappa shape index (κ3) is 1.50. The van der Waals surface area contributed by atoms with Crippen molar-refractivity contribution in [2.45, 2.75) is 37.5 Å². The summed E-state index contributed by atoms with van der Waals surface area (Å²) in [5.41, 5.74) is 0.265. The van der Waals surface area contributed by atoms with Crippen LogP contribution in [0.1, 0.15) is 43.2 Å². The number of carboxylic acids is 1. The summed E-state index contributed by atoms with van der Waals surface area (Å²) in [6.45, 7) is 1.69. The molecule has 0 saturated heterocycles. The number of nitrogens with one attached hydrogen (secondary N) is 1. The molecule has 2 aliphatic rings. The molecule has 19 heavy (non-hydrogen) atoms. The van der Waals surface area contributed by atoms with E-state index in [1.165, 1.54) is 6.07 Å². The van der Waals surface area contributed by atoms with Gasteiger partial charge in [-0.3, -0.25) is 9.59 Å². The normalized spacial score (nSPS) is 23.5. The number of halogens is 1. The number of amides is 1. The summed E-state index contributed by atoms with van der Waals surface area (Å²) in [6.07, 6.45) is 1.88. The molecule has 1 heterocycles. The summed E-state index contributed by atoms with van der Waals surface area (Å²) in [6, 6.07) is 2.93. The Hall–Kier alpha value is -1.91. The molecule has 5 heteroatoms. The number of benzene rings is 1. The van der Waals surface area contributed by atoms with Crippen molar-refractivity contribution in [3.8, 4) is 0 Å². The summed E-state index contributed by atoms with van der Waals surface area (Å²) < 4.78 is 14.0. The molecule has 4 nitrogen and oxygen atoms in total. The molecule has 3 rings (SSSR count). The highest BCUT2D eigenvalue weighted by Gasteiger charge is 2.47. The molecule has 1 aliphatic carbocycles. The van der Waals surface area contributed by atoms with Gasteiger partial charge in [0.2, 0.25) is 5.91 Å². The maximum Gasteiger partial charge on any atom is 0.314 e. The van der Waals surface area contributed by atoms with Crippen LogP contribution in [-0.2, 0) is 15.0 Å². The lowest BCUT2D eigenvalue weighted by Gasteiger charge is -2.38. The average Bonchev–Trinajstić information content (AvgIpc) is 2.55. The third-order valence-corrected chi connectivity index (χ3v) is 4.40. The van der Waals surface area contributed by atoms with Crippen LogP contribution in [0, 0.1) is 5.82 Å². The smallest absolute Gasteiger partial charge is 0.314 e. The van der Waals surface area contributed by atoms with Gasteiger partial charge >= 0.3 is 5.97 Å². The molecule has 1 aliphatic heterocycles. The van der Waals surface area contributed by atoms with Crippen molar-refractivity contribution in [2.24, 2.45) is 0 Å². The van der Waals surface area contributed by atoms with E-state index in [0.717, 1.165) is 6.42 Å². The number of carbonyl (C=O) groups is 2. The Balaban J connectivity index is 2.14. The SMILES string of the molecule is CC1C(=O)Nc2c(F)cc(C3(C(=O)O)CCC3)cc21. The first-order valence-electron chi connectivity index (χ1n) is 6.34. The van der Waals surface area contributed by atoms with E-state index in [1.54, 1.807) is 13.0 Å². The van der Waals surface area contributed by atoms with Gasteiger partial charge in [0, 0.05) is 0 Å². The van der Waals surface area contributed by atoms with E-state index < -0.39 is 23.1 Å². The molecule has 1 saturated carbocycles. The van der Waals surface area contributed by atoms with Gasteiger partial charge in [-0.25, -0.2) is 4.39 Å². The monoisotopic (exact) mass is 263 g/mol. The molecule has 0 radical (unpaired) electrons. The second-order valence-corrected chi connectivity index (χ2v) is 5.37. The number of carbonyl (C=O) groups excluding carboxylic acids is 1. The Kier molecular flexibility index (Phi) is 2.42. The molecule has 1 fully saturated rings. The van der Waals surface area contributed by atoms with Crippen LogP contribution < -0.4 is 5.32 Å². The fourth-order valence-corrected chi connectivity index (χ4v) is 2.91. The molecule has 0 aromatic heterocycles. The molecule has 0 spiro atoms. The maximum absolute atomic E-state index is 14.0. The standard InChI is InChI=1S/C14H14FNO3/c1-7-9-5-8(14(13(18)19)3-2-4-14)6-10(15)11(9)16-12(7)17/h5-7H,2-4H2,1H3,(H,16,17)(H,18,19). The molecule has 1 amide bonds. The van der Waals surface area contributed by atoms with Gasteiger partial charge in [0.05, 0.1) is 17.0 Å². The van der Waals surface area contributed by atoms with Crippen molar-refractivity contribution in [1.29, 1.82) is 0 Å². The predicted octanol–water partition coefficient (Wildman–Crippen LogP) is 2.39. The highest BCUT2D eigenvalue weighted by molar-refractivity contribution is 6.03. The van der Waals surface area contributed by atoms with Crippen molar-refractivity contribution >= 4 is 17.6 Å². The number of aliphatic carboxylic acids is 1. The molecular formula is C14H14FNO3. The molecule has 1 aromatic rings. The zero-order valence-electron chi connectivity index (χ0n) is 10.5. The number of hydrogen-bond acceptors (Lipinski definition) is 2. The second-order valence-electron chi connectivity index (χ2n) is 5.37. The number of carboxylic acid groups (broad SMARTS) is 1. The fraction of sp³-hybridized carbons (Fsp3) is 0.429. The van der Waals surface area contributed by atoms with Gasteiger partial charge in [-0.15, -0.1) is 0 Å². The van der Waals surface area contributed by atoms with Gasteiger partial charge in [-0.1, -0.05) is 12.5 Å². The Labute approximate surface area is 109 Å². The lowest BCUT2D eigenvalue weighted by molar-refractivity contribution is -0.147. The summed E-state index contributed by atoms with van der Waals surface area (Å²) in [7, 11) is 0. The Bertz CT molecular complexity index is 593. The predicted molar refractivity (Wildman–Crippen MR) is 66.6 cm³/mol. The van der Waals surface area contributed by atoms with E-state index in [0.29, 0.717) is 24.0 Å². The molecule has 1 aromatic carbocycles. The lowest BCUT2D eigenvalue weighted by atomic mass is 9.64. The Morgan fingerprint density at radius 1 is 1.47 bits per heavy atom. The third-order valence-electron chi connectivity index (χ3n) is 4.40. The van der Waals surface area contributed by atoms with Gasteiger partial charge in [0.1, 0.15) is 5.82 Å². The van der Waals surface area contributed by atoms with Crippen LogP contribution in [0.25, 0.3) is 0 Å². The summed E-state index contributed by atoms with van der Waals surface area (Å²) in [5, 5.41) is 11.9. The van der Waals surface area contributed by atoms with Crippen molar-refractivity contribution in [2.75, 3.05) is 5.32 Å². The molecule has 1 unspecified atom stereocenters. The van der Waals surface area contributed by atoms with E-state index in [4.69, 9.17) is 0 Å². The minimum atomic E-state index is -0.971. The lowest BCUT2D eigenvalue weighted by Crippen LogP contribution is -2.42. The van der Waals surface area contributed by atoms with Crippen molar-refractivity contribution in [1.82, 2.24) is 0 Å². The molecule has 1 atom stereocenters. The number of rotatable bonds is 2. The number of anilines is 1. The molecule has 0 bridgehead atoms.